The zero-order valence-corrected chi connectivity index (χ0v) is 23.4. The molecule has 2 rings (SSSR count). The Morgan fingerprint density at radius 3 is 2.36 bits per heavy atom. The number of carbonyl (C=O) groups excluding carboxylic acids is 2. The van der Waals surface area contributed by atoms with Gasteiger partial charge in [0.25, 0.3) is 0 Å². The predicted octanol–water partition coefficient (Wildman–Crippen LogP) is 4.77. The van der Waals surface area contributed by atoms with Gasteiger partial charge in [-0.1, -0.05) is 62.7 Å². The summed E-state index contributed by atoms with van der Waals surface area (Å²) in [5.41, 5.74) is 2.46. The molecule has 0 spiro atoms. The van der Waals surface area contributed by atoms with E-state index in [-0.39, 0.29) is 24.8 Å². The van der Waals surface area contributed by atoms with E-state index in [0.717, 1.165) is 17.4 Å². The molecule has 2 aromatic carbocycles. The van der Waals surface area contributed by atoms with E-state index in [2.05, 4.69) is 5.32 Å². The summed E-state index contributed by atoms with van der Waals surface area (Å²) in [5, 5.41) is 3.39. The van der Waals surface area contributed by atoms with Crippen molar-refractivity contribution < 1.29 is 18.0 Å². The lowest BCUT2D eigenvalue weighted by molar-refractivity contribution is -0.141. The maximum absolute atomic E-state index is 13.5. The molecule has 0 aliphatic heterocycles. The summed E-state index contributed by atoms with van der Waals surface area (Å²) in [6.07, 6.45) is 2.01. The van der Waals surface area contributed by atoms with Gasteiger partial charge in [-0.2, -0.15) is 0 Å². The maximum atomic E-state index is 13.5. The molecule has 0 bridgehead atoms. The highest BCUT2D eigenvalue weighted by Crippen LogP contribution is 2.23. The molecule has 0 heterocycles. The quantitative estimate of drug-likeness (QED) is 0.400. The van der Waals surface area contributed by atoms with Crippen molar-refractivity contribution in [3.05, 3.63) is 64.7 Å². The molecule has 0 fully saturated rings. The highest BCUT2D eigenvalue weighted by molar-refractivity contribution is 7.92. The van der Waals surface area contributed by atoms with Crippen LogP contribution in [0.1, 0.15) is 51.2 Å². The Kier molecular flexibility index (Phi) is 11.2. The number of benzene rings is 2. The molecule has 36 heavy (non-hydrogen) atoms. The topological polar surface area (TPSA) is 86.8 Å². The van der Waals surface area contributed by atoms with Gasteiger partial charge < -0.3 is 10.2 Å². The Morgan fingerprint density at radius 1 is 1.08 bits per heavy atom. The number of aryl methyl sites for hydroxylation is 1. The second-order valence-corrected chi connectivity index (χ2v) is 11.8. The summed E-state index contributed by atoms with van der Waals surface area (Å²) in [6.45, 7) is 8.87. The van der Waals surface area contributed by atoms with Gasteiger partial charge in [0.15, 0.2) is 0 Å². The second kappa shape index (κ2) is 13.7. The minimum Gasteiger partial charge on any atom is -0.354 e. The van der Waals surface area contributed by atoms with Crippen molar-refractivity contribution in [3.8, 4) is 0 Å². The fraction of sp³-hybridized carbons (Fsp3) is 0.481. The summed E-state index contributed by atoms with van der Waals surface area (Å²) in [4.78, 5) is 28.1. The molecule has 198 valence electrons. The standard InChI is InChI=1S/C27H38ClN3O4S/c1-6-25(27(33)29-18-20(2)3)30(19-22-12-8-7-11-21(22)4)26(32)15-10-16-31(36(5,34)35)24-14-9-13-23(28)17-24/h7-9,11-14,17,20,25H,6,10,15-16,18-19H2,1-5H3,(H,29,33)/t25-/m1/s1. The first-order chi connectivity index (χ1) is 16.9. The summed E-state index contributed by atoms with van der Waals surface area (Å²) < 4.78 is 26.1. The summed E-state index contributed by atoms with van der Waals surface area (Å²) >= 11 is 6.06. The van der Waals surface area contributed by atoms with Crippen molar-refractivity contribution in [2.75, 3.05) is 23.7 Å². The van der Waals surface area contributed by atoms with E-state index in [1.165, 1.54) is 4.31 Å². The van der Waals surface area contributed by atoms with E-state index in [4.69, 9.17) is 11.6 Å². The fourth-order valence-electron chi connectivity index (χ4n) is 3.95. The molecule has 0 aliphatic rings. The first-order valence-corrected chi connectivity index (χ1v) is 14.5. The van der Waals surface area contributed by atoms with Crippen LogP contribution >= 0.6 is 11.6 Å². The predicted molar refractivity (Wildman–Crippen MR) is 147 cm³/mol. The van der Waals surface area contributed by atoms with Gasteiger partial charge >= 0.3 is 0 Å². The fourth-order valence-corrected chi connectivity index (χ4v) is 5.09. The number of anilines is 1. The van der Waals surface area contributed by atoms with E-state index < -0.39 is 16.1 Å². The largest absolute Gasteiger partial charge is 0.354 e. The number of carbonyl (C=O) groups is 2. The van der Waals surface area contributed by atoms with Crippen molar-refractivity contribution in [1.29, 1.82) is 0 Å². The van der Waals surface area contributed by atoms with E-state index in [1.807, 2.05) is 52.0 Å². The van der Waals surface area contributed by atoms with Gasteiger partial charge in [-0.25, -0.2) is 8.42 Å². The molecule has 2 amide bonds. The van der Waals surface area contributed by atoms with E-state index >= 15 is 0 Å². The van der Waals surface area contributed by atoms with Crippen molar-refractivity contribution in [1.82, 2.24) is 10.2 Å². The van der Waals surface area contributed by atoms with Gasteiger partial charge in [0, 0.05) is 31.1 Å². The molecular weight excluding hydrogens is 498 g/mol. The zero-order chi connectivity index (χ0) is 26.9. The third-order valence-corrected chi connectivity index (χ3v) is 7.35. The van der Waals surface area contributed by atoms with Crippen molar-refractivity contribution in [2.24, 2.45) is 5.92 Å². The Morgan fingerprint density at radius 2 is 1.78 bits per heavy atom. The number of nitrogens with zero attached hydrogens (tertiary/aromatic N) is 2. The molecule has 7 nitrogen and oxygen atoms in total. The van der Waals surface area contributed by atoms with Crippen LogP contribution in [0.4, 0.5) is 5.69 Å². The molecule has 0 saturated heterocycles. The number of sulfonamides is 1. The molecular formula is C27H38ClN3O4S. The van der Waals surface area contributed by atoms with Crippen LogP contribution in [0.2, 0.25) is 5.02 Å². The molecule has 0 unspecified atom stereocenters. The van der Waals surface area contributed by atoms with Crippen LogP contribution in [-0.4, -0.2) is 50.5 Å². The third kappa shape index (κ3) is 8.82. The van der Waals surface area contributed by atoms with Gasteiger partial charge in [-0.15, -0.1) is 0 Å². The number of nitrogens with one attached hydrogen (secondary N) is 1. The number of hydrogen-bond donors (Lipinski definition) is 1. The van der Waals surface area contributed by atoms with Crippen LogP contribution in [0, 0.1) is 12.8 Å². The number of hydrogen-bond acceptors (Lipinski definition) is 4. The number of rotatable bonds is 13. The normalized spacial score (nSPS) is 12.3. The summed E-state index contributed by atoms with van der Waals surface area (Å²) in [6, 6.07) is 13.8. The smallest absolute Gasteiger partial charge is 0.242 e. The Bertz CT molecular complexity index is 1140. The Hall–Kier alpha value is -2.58. The van der Waals surface area contributed by atoms with Crippen LogP contribution in [0.5, 0.6) is 0 Å². The van der Waals surface area contributed by atoms with Crippen molar-refractivity contribution >= 4 is 39.1 Å². The average Bonchev–Trinajstić information content (AvgIpc) is 2.80. The van der Waals surface area contributed by atoms with E-state index in [0.29, 0.717) is 42.6 Å². The van der Waals surface area contributed by atoms with Crippen LogP contribution in [0.3, 0.4) is 0 Å². The lowest BCUT2D eigenvalue weighted by atomic mass is 10.0. The van der Waals surface area contributed by atoms with Gasteiger partial charge in [0.05, 0.1) is 11.9 Å². The van der Waals surface area contributed by atoms with Crippen LogP contribution in [0.25, 0.3) is 0 Å². The molecule has 0 aliphatic carbocycles. The third-order valence-electron chi connectivity index (χ3n) is 5.92. The molecule has 2 aromatic rings. The Balaban J connectivity index is 2.22. The zero-order valence-electron chi connectivity index (χ0n) is 21.8. The van der Waals surface area contributed by atoms with Crippen LogP contribution in [0.15, 0.2) is 48.5 Å². The van der Waals surface area contributed by atoms with Gasteiger partial charge in [-0.3, -0.25) is 13.9 Å². The van der Waals surface area contributed by atoms with Crippen LogP contribution < -0.4 is 9.62 Å². The van der Waals surface area contributed by atoms with Gasteiger partial charge in [0.2, 0.25) is 21.8 Å². The maximum Gasteiger partial charge on any atom is 0.242 e. The lowest BCUT2D eigenvalue weighted by Gasteiger charge is -2.31. The van der Waals surface area contributed by atoms with E-state index in [1.54, 1.807) is 29.2 Å². The van der Waals surface area contributed by atoms with Gasteiger partial charge in [0.1, 0.15) is 6.04 Å². The highest BCUT2D eigenvalue weighted by atomic mass is 35.5. The van der Waals surface area contributed by atoms with Crippen molar-refractivity contribution in [3.63, 3.8) is 0 Å². The molecule has 1 N–H and O–H groups in total. The Labute approximate surface area is 220 Å². The first-order valence-electron chi connectivity index (χ1n) is 12.3. The SMILES string of the molecule is CC[C@H](C(=O)NCC(C)C)N(Cc1ccccc1C)C(=O)CCCN(c1cccc(Cl)c1)S(C)(=O)=O. The average molecular weight is 536 g/mol. The van der Waals surface area contributed by atoms with Crippen molar-refractivity contribution in [2.45, 2.75) is 59.5 Å². The minimum absolute atomic E-state index is 0.104. The first kappa shape index (κ1) is 29.6. The van der Waals surface area contributed by atoms with E-state index in [9.17, 15) is 18.0 Å². The molecule has 0 aromatic heterocycles. The molecule has 1 atom stereocenters. The minimum atomic E-state index is -3.57. The lowest BCUT2D eigenvalue weighted by Crippen LogP contribution is -2.49. The summed E-state index contributed by atoms with van der Waals surface area (Å²) in [7, 11) is -3.57. The highest BCUT2D eigenvalue weighted by Gasteiger charge is 2.29. The number of halogens is 1. The molecule has 9 heteroatoms. The van der Waals surface area contributed by atoms with Crippen LogP contribution in [-0.2, 0) is 26.2 Å². The molecule has 0 saturated carbocycles. The number of amides is 2. The summed E-state index contributed by atoms with van der Waals surface area (Å²) in [5.74, 6) is -0.0744. The monoisotopic (exact) mass is 535 g/mol. The van der Waals surface area contributed by atoms with Gasteiger partial charge in [-0.05, 0) is 55.0 Å². The molecule has 0 radical (unpaired) electrons. The second-order valence-electron chi connectivity index (χ2n) is 9.43.